The first-order valence-electron chi connectivity index (χ1n) is 24.6. The van der Waals surface area contributed by atoms with Crippen LogP contribution in [0.5, 0.6) is 5.75 Å². The lowest BCUT2D eigenvalue weighted by Crippen LogP contribution is -2.52. The first kappa shape index (κ1) is 46.7. The van der Waals surface area contributed by atoms with Gasteiger partial charge >= 0.3 is 0 Å². The van der Waals surface area contributed by atoms with Crippen LogP contribution in [0.15, 0.2) is 103 Å². The number of amides is 3. The minimum absolute atomic E-state index is 0.183. The van der Waals surface area contributed by atoms with E-state index in [1.165, 1.54) is 49.7 Å². The SMILES string of the molecule is Cc1nn2c(N3CCN(CCO)CC3)cc(-c3cccc(CCCCCCCCCNCc4ccc(COc5cccc6c5CN(C5CCC(=O)NC5=O)C6=O)cc4)c3)nc2c1-c1ccccc1. The summed E-state index contributed by atoms with van der Waals surface area (Å²) >= 11 is 0. The Morgan fingerprint density at radius 3 is 2.29 bits per heavy atom. The van der Waals surface area contributed by atoms with Gasteiger partial charge in [-0.25, -0.2) is 4.98 Å². The number of nitrogens with zero attached hydrogens (tertiary/aromatic N) is 6. The van der Waals surface area contributed by atoms with Gasteiger partial charge in [-0.3, -0.25) is 24.6 Å². The normalized spacial score (nSPS) is 16.4. The summed E-state index contributed by atoms with van der Waals surface area (Å²) in [6.07, 6.45) is 10.2. The molecule has 6 aromatic rings. The second-order valence-corrected chi connectivity index (χ2v) is 18.5. The zero-order valence-corrected chi connectivity index (χ0v) is 39.3. The molecule has 9 rings (SSSR count). The summed E-state index contributed by atoms with van der Waals surface area (Å²) in [5, 5.41) is 20.5. The predicted molar refractivity (Wildman–Crippen MR) is 265 cm³/mol. The molecule has 3 N–H and O–H groups in total. The molecule has 2 saturated heterocycles. The van der Waals surface area contributed by atoms with Gasteiger partial charge < -0.3 is 25.0 Å². The Labute approximate surface area is 399 Å². The number of rotatable bonds is 21. The van der Waals surface area contributed by atoms with Gasteiger partial charge in [-0.1, -0.05) is 111 Å². The van der Waals surface area contributed by atoms with Crippen LogP contribution in [0.4, 0.5) is 5.82 Å². The first-order chi connectivity index (χ1) is 33.3. The van der Waals surface area contributed by atoms with Gasteiger partial charge in [0.2, 0.25) is 11.8 Å². The van der Waals surface area contributed by atoms with Gasteiger partial charge in [-0.05, 0) is 79.6 Å². The Kier molecular flexibility index (Phi) is 15.2. The van der Waals surface area contributed by atoms with Crippen molar-refractivity contribution in [3.05, 3.63) is 137 Å². The molecule has 3 amide bonds. The molecule has 4 aromatic carbocycles. The molecule has 68 heavy (non-hydrogen) atoms. The molecule has 1 unspecified atom stereocenters. The number of aromatic nitrogens is 3. The molecule has 1 atom stereocenters. The number of fused-ring (bicyclic) bond motifs is 2. The molecule has 0 radical (unpaired) electrons. The van der Waals surface area contributed by atoms with Crippen LogP contribution in [-0.4, -0.2) is 99.1 Å². The van der Waals surface area contributed by atoms with Gasteiger partial charge in [0.15, 0.2) is 5.65 Å². The largest absolute Gasteiger partial charge is 0.489 e. The summed E-state index contributed by atoms with van der Waals surface area (Å²) in [7, 11) is 0. The number of carbonyl (C=O) groups is 3. The molecule has 354 valence electrons. The minimum Gasteiger partial charge on any atom is -0.489 e. The van der Waals surface area contributed by atoms with Gasteiger partial charge in [0.05, 0.1) is 24.5 Å². The molecular weight excluding hydrogens is 853 g/mol. The number of benzene rings is 4. The topological polar surface area (TPSA) is 145 Å². The lowest BCUT2D eigenvalue weighted by molar-refractivity contribution is -0.136. The molecule has 0 aliphatic carbocycles. The number of imide groups is 1. The van der Waals surface area contributed by atoms with Gasteiger partial charge in [-0.2, -0.15) is 9.61 Å². The number of ether oxygens (including phenoxy) is 1. The molecule has 5 heterocycles. The molecule has 3 aliphatic rings. The van der Waals surface area contributed by atoms with Crippen LogP contribution < -0.4 is 20.3 Å². The highest BCUT2D eigenvalue weighted by Gasteiger charge is 2.40. The Morgan fingerprint density at radius 1 is 0.779 bits per heavy atom. The summed E-state index contributed by atoms with van der Waals surface area (Å²) in [4.78, 5) is 48.9. The van der Waals surface area contributed by atoms with Crippen LogP contribution >= 0.6 is 0 Å². The second-order valence-electron chi connectivity index (χ2n) is 18.5. The monoisotopic (exact) mass is 916 g/mol. The van der Waals surface area contributed by atoms with Crippen molar-refractivity contribution in [1.29, 1.82) is 0 Å². The number of unbranched alkanes of at least 4 members (excludes halogenated alkanes) is 6. The second kappa shape index (κ2) is 22.1. The van der Waals surface area contributed by atoms with Crippen molar-refractivity contribution in [2.24, 2.45) is 0 Å². The van der Waals surface area contributed by atoms with E-state index >= 15 is 0 Å². The standard InChI is InChI=1S/C55H64N8O5/c1-39-52(43-16-9-7-10-17-43)53-57-47(35-51(63(53)59-39)61-30-28-60(29-31-61)32-33-64)44-18-12-15-40(34-44)14-8-5-3-2-4-6-11-27-56-36-41-21-23-42(24-22-41)38-68-49-20-13-19-45-46(49)37-62(55(45)67)48-25-26-50(65)58-54(48)66/h7,9-10,12-13,15-24,34-35,48,56,64H,2-6,8,11,14,25-33,36-38H2,1H3,(H,58,65,66). The number of hydrogen-bond donors (Lipinski definition) is 3. The van der Waals surface area contributed by atoms with Crippen LogP contribution in [0.2, 0.25) is 0 Å². The minimum atomic E-state index is -0.650. The molecule has 0 bridgehead atoms. The van der Waals surface area contributed by atoms with E-state index in [9.17, 15) is 19.5 Å². The molecular formula is C55H64N8O5. The van der Waals surface area contributed by atoms with Crippen molar-refractivity contribution in [2.45, 2.75) is 96.9 Å². The maximum atomic E-state index is 13.2. The maximum absolute atomic E-state index is 13.2. The quantitative estimate of drug-likeness (QED) is 0.0482. The maximum Gasteiger partial charge on any atom is 0.255 e. The van der Waals surface area contributed by atoms with E-state index in [1.807, 2.05) is 22.7 Å². The van der Waals surface area contributed by atoms with Crippen molar-refractivity contribution in [3.63, 3.8) is 0 Å². The lowest BCUT2D eigenvalue weighted by Gasteiger charge is -2.35. The zero-order valence-electron chi connectivity index (χ0n) is 39.3. The third-order valence-electron chi connectivity index (χ3n) is 13.7. The molecule has 2 aromatic heterocycles. The van der Waals surface area contributed by atoms with Crippen LogP contribution in [0.3, 0.4) is 0 Å². The van der Waals surface area contributed by atoms with Gasteiger partial charge in [0, 0.05) is 74.0 Å². The molecule has 13 nitrogen and oxygen atoms in total. The number of nitrogens with one attached hydrogen (secondary N) is 2. The van der Waals surface area contributed by atoms with Crippen LogP contribution in [-0.2, 0) is 35.7 Å². The molecule has 13 heteroatoms. The molecule has 2 fully saturated rings. The summed E-state index contributed by atoms with van der Waals surface area (Å²) in [5.41, 5.74) is 11.1. The van der Waals surface area contributed by atoms with E-state index in [4.69, 9.17) is 14.8 Å². The van der Waals surface area contributed by atoms with Crippen LogP contribution in [0.25, 0.3) is 28.0 Å². The fraction of sp³-hybridized carbons (Fsp3) is 0.400. The fourth-order valence-electron chi connectivity index (χ4n) is 9.95. The Balaban J connectivity index is 0.686. The summed E-state index contributed by atoms with van der Waals surface area (Å²) < 4.78 is 8.24. The van der Waals surface area contributed by atoms with E-state index in [-0.39, 0.29) is 31.4 Å². The number of piperazine rings is 1. The van der Waals surface area contributed by atoms with Gasteiger partial charge in [0.25, 0.3) is 5.91 Å². The number of anilines is 1. The van der Waals surface area contributed by atoms with Gasteiger partial charge in [-0.15, -0.1) is 0 Å². The number of carbonyl (C=O) groups excluding carboxylic acids is 3. The number of hydrogen-bond acceptors (Lipinski definition) is 10. The average molecular weight is 917 g/mol. The van der Waals surface area contributed by atoms with E-state index in [1.54, 1.807) is 11.0 Å². The number of aliphatic hydroxyl groups is 1. The summed E-state index contributed by atoms with van der Waals surface area (Å²) in [5.74, 6) is 0.788. The zero-order chi connectivity index (χ0) is 46.8. The number of β-amino-alcohol motifs (C(OH)–C–C–N with tert-alkyl or cyclic N) is 1. The average Bonchev–Trinajstić information content (AvgIpc) is 3.88. The van der Waals surface area contributed by atoms with Crippen LogP contribution in [0, 0.1) is 6.92 Å². The highest BCUT2D eigenvalue weighted by atomic mass is 16.5. The van der Waals surface area contributed by atoms with Crippen molar-refractivity contribution in [3.8, 4) is 28.1 Å². The van der Waals surface area contributed by atoms with E-state index in [0.717, 1.165) is 103 Å². The number of piperidine rings is 1. The Morgan fingerprint density at radius 2 is 1.51 bits per heavy atom. The highest BCUT2D eigenvalue weighted by molar-refractivity contribution is 6.05. The summed E-state index contributed by atoms with van der Waals surface area (Å²) in [6.45, 7) is 8.98. The highest BCUT2D eigenvalue weighted by Crippen LogP contribution is 2.35. The number of aliphatic hydroxyl groups excluding tert-OH is 1. The molecule has 3 aliphatic heterocycles. The Bertz CT molecular complexity index is 2700. The van der Waals surface area contributed by atoms with Crippen molar-refractivity contribution in [2.75, 3.05) is 50.8 Å². The molecule has 0 spiro atoms. The first-order valence-corrected chi connectivity index (χ1v) is 24.6. The third kappa shape index (κ3) is 11.0. The van der Waals surface area contributed by atoms with Crippen LogP contribution in [0.1, 0.15) is 96.1 Å². The lowest BCUT2D eigenvalue weighted by atomic mass is 10.0. The van der Waals surface area contributed by atoms with Crippen molar-refractivity contribution < 1.29 is 24.2 Å². The number of aryl methyl sites for hydroxylation is 2. The summed E-state index contributed by atoms with van der Waals surface area (Å²) in [6, 6.07) is 34.8. The van der Waals surface area contributed by atoms with Gasteiger partial charge in [0.1, 0.15) is 24.2 Å². The van der Waals surface area contributed by atoms with Crippen molar-refractivity contribution >= 4 is 29.2 Å². The van der Waals surface area contributed by atoms with Crippen molar-refractivity contribution in [1.82, 2.24) is 35.0 Å². The Hall–Kier alpha value is -6.41. The van der Waals surface area contributed by atoms with E-state index in [2.05, 4.69) is 106 Å². The van der Waals surface area contributed by atoms with E-state index < -0.39 is 11.9 Å². The fourth-order valence-corrected chi connectivity index (χ4v) is 9.95. The molecule has 0 saturated carbocycles. The van der Waals surface area contributed by atoms with E-state index in [0.29, 0.717) is 30.9 Å². The predicted octanol–water partition coefficient (Wildman–Crippen LogP) is 7.89. The third-order valence-corrected chi connectivity index (χ3v) is 13.7. The smallest absolute Gasteiger partial charge is 0.255 e.